The fourth-order valence-corrected chi connectivity index (χ4v) is 5.99. The highest BCUT2D eigenvalue weighted by Gasteiger charge is 2.66. The van der Waals surface area contributed by atoms with E-state index in [4.69, 9.17) is 9.47 Å². The first-order valence-electron chi connectivity index (χ1n) is 13.6. The SMILES string of the molecule is CCCCC12CC(C(F)=Cc3csc(C)n3)OC(=O)CCC(C)(C)C(=O)CCC(C)CCCC1(C)O2. The van der Waals surface area contributed by atoms with E-state index in [0.29, 0.717) is 30.9 Å². The third kappa shape index (κ3) is 7.25. The molecule has 5 nitrogen and oxygen atoms in total. The van der Waals surface area contributed by atoms with Gasteiger partial charge in [-0.3, -0.25) is 9.59 Å². The molecule has 0 aromatic carbocycles. The first-order valence-corrected chi connectivity index (χ1v) is 14.5. The van der Waals surface area contributed by atoms with Gasteiger partial charge in [0.15, 0.2) is 6.10 Å². The molecule has 0 bridgehead atoms. The molecule has 202 valence electrons. The van der Waals surface area contributed by atoms with Crippen LogP contribution >= 0.6 is 11.3 Å². The number of rotatable bonds is 5. The molecule has 1 aromatic rings. The van der Waals surface area contributed by atoms with E-state index in [-0.39, 0.29) is 17.8 Å². The predicted octanol–water partition coefficient (Wildman–Crippen LogP) is 7.76. The van der Waals surface area contributed by atoms with Crippen LogP contribution in [0.5, 0.6) is 0 Å². The van der Waals surface area contributed by atoms with Gasteiger partial charge in [-0.05, 0) is 51.5 Å². The van der Waals surface area contributed by atoms with Crippen LogP contribution < -0.4 is 0 Å². The van der Waals surface area contributed by atoms with Crippen LogP contribution in [0.25, 0.3) is 6.08 Å². The maximum absolute atomic E-state index is 15.7. The Labute approximate surface area is 220 Å². The summed E-state index contributed by atoms with van der Waals surface area (Å²) in [5, 5.41) is 2.65. The van der Waals surface area contributed by atoms with Gasteiger partial charge in [-0.25, -0.2) is 9.37 Å². The fraction of sp³-hybridized carbons (Fsp3) is 0.759. The number of hydrogen-bond donors (Lipinski definition) is 0. The van der Waals surface area contributed by atoms with E-state index < -0.39 is 28.9 Å². The summed E-state index contributed by atoms with van der Waals surface area (Å²) in [6, 6.07) is 0. The van der Waals surface area contributed by atoms with Crippen molar-refractivity contribution in [1.82, 2.24) is 4.98 Å². The molecule has 36 heavy (non-hydrogen) atoms. The number of carbonyl (C=O) groups excluding carboxylic acids is 2. The van der Waals surface area contributed by atoms with Crippen LogP contribution in [-0.2, 0) is 19.1 Å². The lowest BCUT2D eigenvalue weighted by Gasteiger charge is -2.26. The molecule has 7 heteroatoms. The minimum atomic E-state index is -1.04. The summed E-state index contributed by atoms with van der Waals surface area (Å²) in [6.07, 6.45) is 8.17. The van der Waals surface area contributed by atoms with Crippen molar-refractivity contribution in [2.45, 2.75) is 129 Å². The quantitative estimate of drug-likeness (QED) is 0.293. The number of Topliss-reactive ketones (excluding diaryl/α,β-unsaturated/α-hetero) is 1. The third-order valence-corrected chi connectivity index (χ3v) is 9.01. The zero-order valence-corrected chi connectivity index (χ0v) is 23.8. The van der Waals surface area contributed by atoms with Crippen molar-refractivity contribution in [3.63, 3.8) is 0 Å². The number of unbranched alkanes of at least 4 members (excludes halogenated alkanes) is 1. The normalized spacial score (nSPS) is 32.6. The number of fused-ring (bicyclic) bond motifs is 1. The van der Waals surface area contributed by atoms with Gasteiger partial charge in [0.1, 0.15) is 17.2 Å². The van der Waals surface area contributed by atoms with Gasteiger partial charge in [0.2, 0.25) is 0 Å². The van der Waals surface area contributed by atoms with Crippen molar-refractivity contribution in [3.8, 4) is 0 Å². The Balaban J connectivity index is 1.88. The summed E-state index contributed by atoms with van der Waals surface area (Å²) in [4.78, 5) is 30.1. The van der Waals surface area contributed by atoms with Crippen LogP contribution in [0, 0.1) is 18.3 Å². The highest BCUT2D eigenvalue weighted by molar-refractivity contribution is 7.09. The van der Waals surface area contributed by atoms with Crippen LogP contribution in [0.1, 0.15) is 116 Å². The molecular weight excluding hydrogens is 477 g/mol. The van der Waals surface area contributed by atoms with E-state index in [1.165, 1.54) is 17.4 Å². The van der Waals surface area contributed by atoms with Crippen LogP contribution in [0.15, 0.2) is 11.2 Å². The molecule has 0 aliphatic carbocycles. The summed E-state index contributed by atoms with van der Waals surface area (Å²) < 4.78 is 27.9. The number of esters is 1. The molecule has 0 amide bonds. The van der Waals surface area contributed by atoms with E-state index in [2.05, 4.69) is 25.8 Å². The first-order chi connectivity index (χ1) is 16.9. The Morgan fingerprint density at radius 3 is 2.64 bits per heavy atom. The smallest absolute Gasteiger partial charge is 0.306 e. The van der Waals surface area contributed by atoms with E-state index in [1.807, 2.05) is 20.8 Å². The van der Waals surface area contributed by atoms with Gasteiger partial charge in [0.25, 0.3) is 0 Å². The molecule has 2 aliphatic rings. The molecule has 2 aliphatic heterocycles. The van der Waals surface area contributed by atoms with Crippen LogP contribution in [0.3, 0.4) is 0 Å². The van der Waals surface area contributed by atoms with Crippen molar-refractivity contribution in [1.29, 1.82) is 0 Å². The zero-order valence-electron chi connectivity index (χ0n) is 23.0. The molecule has 4 atom stereocenters. The van der Waals surface area contributed by atoms with E-state index in [1.54, 1.807) is 5.38 Å². The van der Waals surface area contributed by atoms with E-state index >= 15 is 4.39 Å². The Kier molecular flexibility index (Phi) is 9.53. The Morgan fingerprint density at radius 1 is 1.22 bits per heavy atom. The second-order valence-electron chi connectivity index (χ2n) is 11.8. The van der Waals surface area contributed by atoms with Gasteiger partial charge >= 0.3 is 5.97 Å². The maximum atomic E-state index is 15.7. The number of aromatic nitrogens is 1. The Bertz CT molecular complexity index is 957. The number of carbonyl (C=O) groups is 2. The molecule has 0 N–H and O–H groups in total. The summed E-state index contributed by atoms with van der Waals surface area (Å²) >= 11 is 1.45. The number of halogens is 1. The number of hydrogen-bond acceptors (Lipinski definition) is 6. The van der Waals surface area contributed by atoms with Gasteiger partial charge in [-0.15, -0.1) is 11.3 Å². The number of nitrogens with zero attached hydrogens (tertiary/aromatic N) is 1. The van der Waals surface area contributed by atoms with Crippen LogP contribution in [-0.4, -0.2) is 34.0 Å². The molecule has 2 saturated heterocycles. The average Bonchev–Trinajstić information content (AvgIpc) is 3.14. The highest BCUT2D eigenvalue weighted by Crippen LogP contribution is 2.57. The summed E-state index contributed by atoms with van der Waals surface area (Å²) in [5.41, 5.74) is -0.954. The molecule has 0 spiro atoms. The van der Waals surface area contributed by atoms with E-state index in [0.717, 1.165) is 50.0 Å². The van der Waals surface area contributed by atoms with Crippen LogP contribution in [0.4, 0.5) is 4.39 Å². The lowest BCUT2D eigenvalue weighted by molar-refractivity contribution is -0.149. The van der Waals surface area contributed by atoms with Gasteiger partial charge in [-0.1, -0.05) is 53.4 Å². The second-order valence-corrected chi connectivity index (χ2v) is 12.8. The van der Waals surface area contributed by atoms with Crippen molar-refractivity contribution >= 4 is 29.2 Å². The number of cyclic esters (lactones) is 1. The van der Waals surface area contributed by atoms with Gasteiger partial charge in [0, 0.05) is 30.1 Å². The van der Waals surface area contributed by atoms with Gasteiger partial charge in [-0.2, -0.15) is 0 Å². The minimum Gasteiger partial charge on any atom is -0.455 e. The molecule has 3 rings (SSSR count). The number of ketones is 1. The molecular formula is C29H44FNO4S. The molecule has 0 saturated carbocycles. The van der Waals surface area contributed by atoms with Crippen molar-refractivity contribution in [2.24, 2.45) is 11.3 Å². The Morgan fingerprint density at radius 2 is 1.97 bits per heavy atom. The van der Waals surface area contributed by atoms with E-state index in [9.17, 15) is 9.59 Å². The molecule has 2 fully saturated rings. The van der Waals surface area contributed by atoms with Crippen molar-refractivity contribution < 1.29 is 23.5 Å². The van der Waals surface area contributed by atoms with Crippen molar-refractivity contribution in [3.05, 3.63) is 21.9 Å². The van der Waals surface area contributed by atoms with Crippen molar-refractivity contribution in [2.75, 3.05) is 0 Å². The molecule has 1 aromatic heterocycles. The highest BCUT2D eigenvalue weighted by atomic mass is 32.1. The topological polar surface area (TPSA) is 68.8 Å². The third-order valence-electron chi connectivity index (χ3n) is 8.22. The molecule has 3 heterocycles. The number of ether oxygens (including phenoxy) is 2. The molecule has 0 radical (unpaired) electrons. The Hall–Kier alpha value is -1.60. The largest absolute Gasteiger partial charge is 0.455 e. The molecule has 4 unspecified atom stereocenters. The lowest BCUT2D eigenvalue weighted by Crippen LogP contribution is -2.32. The van der Waals surface area contributed by atoms with Crippen LogP contribution in [0.2, 0.25) is 0 Å². The average molecular weight is 522 g/mol. The van der Waals surface area contributed by atoms with Gasteiger partial charge < -0.3 is 9.47 Å². The first kappa shape index (κ1) is 29.0. The minimum absolute atomic E-state index is 0.0773. The number of aryl methyl sites for hydroxylation is 1. The number of epoxide rings is 1. The monoisotopic (exact) mass is 521 g/mol. The van der Waals surface area contributed by atoms with Gasteiger partial charge in [0.05, 0.1) is 16.3 Å². The summed E-state index contributed by atoms with van der Waals surface area (Å²) in [5.74, 6) is -0.365. The summed E-state index contributed by atoms with van der Waals surface area (Å²) in [6.45, 7) is 12.1. The summed E-state index contributed by atoms with van der Waals surface area (Å²) in [7, 11) is 0. The zero-order chi connectivity index (χ0) is 26.6. The maximum Gasteiger partial charge on any atom is 0.306 e. The standard InChI is InChI=1S/C29H44FNO4S/c1-7-8-15-29-18-24(23(30)17-22-19-36-21(3)31-22)34-26(33)13-16-27(4,5)25(32)12-11-20(2)10-9-14-28(29,6)35-29/h17,19-20,24H,7-16,18H2,1-6H3. The fourth-order valence-electron chi connectivity index (χ4n) is 5.42. The second kappa shape index (κ2) is 11.8. The lowest BCUT2D eigenvalue weighted by atomic mass is 9.79. The predicted molar refractivity (Wildman–Crippen MR) is 142 cm³/mol. The number of thiazole rings is 1.